The minimum atomic E-state index is -0.770. The molecule has 3 N–H and O–H groups in total. The van der Waals surface area contributed by atoms with Crippen LogP contribution in [0.25, 0.3) is 10.9 Å². The van der Waals surface area contributed by atoms with Gasteiger partial charge in [0.05, 0.1) is 17.8 Å². The molecule has 1 atom stereocenters. The van der Waals surface area contributed by atoms with E-state index < -0.39 is 18.0 Å². The maximum absolute atomic E-state index is 12.6. The van der Waals surface area contributed by atoms with Crippen LogP contribution < -0.4 is 20.7 Å². The number of fused-ring (bicyclic) bond motifs is 1. The summed E-state index contributed by atoms with van der Waals surface area (Å²) in [5, 5.41) is 9.27. The Morgan fingerprint density at radius 1 is 1.32 bits per heavy atom. The molecule has 2 heterocycles. The average molecular weight is 486 g/mol. The van der Waals surface area contributed by atoms with Gasteiger partial charge in [-0.25, -0.2) is 14.8 Å². The topological polar surface area (TPSA) is 114 Å². The lowest BCUT2D eigenvalue weighted by molar-refractivity contribution is -0.117. The van der Waals surface area contributed by atoms with Gasteiger partial charge in [-0.2, -0.15) is 0 Å². The van der Waals surface area contributed by atoms with Crippen molar-refractivity contribution in [3.63, 3.8) is 0 Å². The fraction of sp³-hybridized carbons (Fsp3) is 0.238. The molecule has 0 unspecified atom stereocenters. The number of nitrogens with zero attached hydrogens (tertiary/aromatic N) is 2. The summed E-state index contributed by atoms with van der Waals surface area (Å²) in [6, 6.07) is 10.4. The molecule has 0 bridgehead atoms. The van der Waals surface area contributed by atoms with E-state index in [4.69, 9.17) is 9.47 Å². The molecular formula is C21H20BrN5O4. The molecule has 3 aromatic rings. The Morgan fingerprint density at radius 3 is 2.94 bits per heavy atom. The number of ether oxygens (including phenoxy) is 2. The van der Waals surface area contributed by atoms with E-state index in [0.29, 0.717) is 34.8 Å². The van der Waals surface area contributed by atoms with E-state index in [-0.39, 0.29) is 6.61 Å². The SMILES string of the molecule is CCCOc1cc2ncnc(Nc3cccc(Br)c3)c2cc1NC(=O)[C@H]1COC(=O)N1. The van der Waals surface area contributed by atoms with E-state index in [0.717, 1.165) is 16.6 Å². The average Bonchev–Trinajstić information content (AvgIpc) is 3.19. The second kappa shape index (κ2) is 9.17. The quantitative estimate of drug-likeness (QED) is 0.463. The Bertz CT molecular complexity index is 1140. The third-order valence-electron chi connectivity index (χ3n) is 4.53. The van der Waals surface area contributed by atoms with E-state index in [1.165, 1.54) is 6.33 Å². The van der Waals surface area contributed by atoms with E-state index in [2.05, 4.69) is 41.8 Å². The minimum absolute atomic E-state index is 0.0256. The van der Waals surface area contributed by atoms with Gasteiger partial charge in [0, 0.05) is 21.6 Å². The van der Waals surface area contributed by atoms with Crippen molar-refractivity contribution in [3.8, 4) is 5.75 Å². The van der Waals surface area contributed by atoms with Crippen molar-refractivity contribution in [3.05, 3.63) is 47.2 Å². The molecule has 31 heavy (non-hydrogen) atoms. The summed E-state index contributed by atoms with van der Waals surface area (Å²) < 4.78 is 11.6. The van der Waals surface area contributed by atoms with Crippen molar-refractivity contribution in [2.24, 2.45) is 0 Å². The highest BCUT2D eigenvalue weighted by molar-refractivity contribution is 9.10. The number of anilines is 3. The smallest absolute Gasteiger partial charge is 0.407 e. The number of rotatable bonds is 7. The van der Waals surface area contributed by atoms with Crippen LogP contribution in [0, 0.1) is 0 Å². The number of aromatic nitrogens is 2. The molecule has 1 saturated heterocycles. The van der Waals surface area contributed by atoms with Gasteiger partial charge in [-0.3, -0.25) is 4.79 Å². The lowest BCUT2D eigenvalue weighted by atomic mass is 10.1. The van der Waals surface area contributed by atoms with E-state index in [1.54, 1.807) is 12.1 Å². The van der Waals surface area contributed by atoms with E-state index in [1.807, 2.05) is 31.2 Å². The van der Waals surface area contributed by atoms with Crippen LogP contribution in [-0.4, -0.2) is 41.2 Å². The lowest BCUT2D eigenvalue weighted by Crippen LogP contribution is -2.38. The van der Waals surface area contributed by atoms with E-state index in [9.17, 15) is 9.59 Å². The molecule has 9 nitrogen and oxygen atoms in total. The van der Waals surface area contributed by atoms with Gasteiger partial charge in [0.1, 0.15) is 30.5 Å². The Kier molecular flexibility index (Phi) is 6.17. The summed E-state index contributed by atoms with van der Waals surface area (Å²) in [7, 11) is 0. The number of halogens is 1. The number of amides is 2. The van der Waals surface area contributed by atoms with E-state index >= 15 is 0 Å². The number of benzene rings is 2. The van der Waals surface area contributed by atoms with Gasteiger partial charge in [0.15, 0.2) is 0 Å². The maximum atomic E-state index is 12.6. The van der Waals surface area contributed by atoms with Gasteiger partial charge in [0.2, 0.25) is 0 Å². The summed E-state index contributed by atoms with van der Waals surface area (Å²) >= 11 is 3.46. The third kappa shape index (κ3) is 4.85. The van der Waals surface area contributed by atoms with Crippen molar-refractivity contribution < 1.29 is 19.1 Å². The predicted molar refractivity (Wildman–Crippen MR) is 120 cm³/mol. The van der Waals surface area contributed by atoms with Gasteiger partial charge in [-0.15, -0.1) is 0 Å². The normalized spacial score (nSPS) is 15.3. The Balaban J connectivity index is 1.70. The summed E-state index contributed by atoms with van der Waals surface area (Å²) in [4.78, 5) is 32.6. The summed E-state index contributed by atoms with van der Waals surface area (Å²) in [5.41, 5.74) is 1.96. The number of carbonyl (C=O) groups is 2. The van der Waals surface area contributed by atoms with Crippen LogP contribution in [-0.2, 0) is 9.53 Å². The second-order valence-electron chi connectivity index (χ2n) is 6.86. The van der Waals surface area contributed by atoms with Crippen LogP contribution in [0.1, 0.15) is 13.3 Å². The standard InChI is InChI=1S/C21H20BrN5O4/c1-2-6-30-18-9-15-14(8-16(18)26-20(28)17-10-31-21(29)27-17)19(24-11-23-15)25-13-5-3-4-12(22)7-13/h3-5,7-9,11,17H,2,6,10H2,1H3,(H,26,28)(H,27,29)(H,23,24,25)/t17-/m1/s1. The number of hydrogen-bond donors (Lipinski definition) is 3. The van der Waals surface area contributed by atoms with Crippen LogP contribution in [0.15, 0.2) is 47.2 Å². The number of cyclic esters (lactones) is 1. The summed E-state index contributed by atoms with van der Waals surface area (Å²) in [5.74, 6) is 0.670. The maximum Gasteiger partial charge on any atom is 0.407 e. The molecule has 1 aromatic heterocycles. The van der Waals surface area contributed by atoms with Crippen LogP contribution in [0.5, 0.6) is 5.75 Å². The molecule has 2 amide bonds. The van der Waals surface area contributed by atoms with Crippen molar-refractivity contribution in [1.29, 1.82) is 0 Å². The Hall–Kier alpha value is -3.40. The largest absolute Gasteiger partial charge is 0.491 e. The van der Waals surface area contributed by atoms with Crippen LogP contribution >= 0.6 is 15.9 Å². The Morgan fingerprint density at radius 2 is 2.19 bits per heavy atom. The summed E-state index contributed by atoms with van der Waals surface area (Å²) in [6.07, 6.45) is 1.66. The molecule has 10 heteroatoms. The highest BCUT2D eigenvalue weighted by Crippen LogP contribution is 2.34. The molecule has 0 saturated carbocycles. The van der Waals surface area contributed by atoms with Crippen molar-refractivity contribution in [2.45, 2.75) is 19.4 Å². The van der Waals surface area contributed by atoms with Crippen molar-refractivity contribution in [2.75, 3.05) is 23.8 Å². The molecule has 0 radical (unpaired) electrons. The van der Waals surface area contributed by atoms with Gasteiger partial charge >= 0.3 is 6.09 Å². The monoisotopic (exact) mass is 485 g/mol. The summed E-state index contributed by atoms with van der Waals surface area (Å²) in [6.45, 7) is 2.45. The zero-order chi connectivity index (χ0) is 21.8. The zero-order valence-electron chi connectivity index (χ0n) is 16.6. The molecule has 4 rings (SSSR count). The Labute approximate surface area is 186 Å². The molecule has 1 fully saturated rings. The molecule has 2 aromatic carbocycles. The fourth-order valence-electron chi connectivity index (χ4n) is 3.06. The van der Waals surface area contributed by atoms with Gasteiger partial charge in [0.25, 0.3) is 5.91 Å². The molecular weight excluding hydrogens is 466 g/mol. The number of carbonyl (C=O) groups excluding carboxylic acids is 2. The first-order valence-electron chi connectivity index (χ1n) is 9.72. The minimum Gasteiger partial charge on any atom is -0.491 e. The molecule has 0 aliphatic carbocycles. The van der Waals surface area contributed by atoms with Gasteiger partial charge in [-0.05, 0) is 30.7 Å². The first-order valence-corrected chi connectivity index (χ1v) is 10.5. The number of hydrogen-bond acceptors (Lipinski definition) is 7. The molecule has 160 valence electrons. The predicted octanol–water partition coefficient (Wildman–Crippen LogP) is 3.97. The van der Waals surface area contributed by atoms with Gasteiger partial charge in [-0.1, -0.05) is 28.9 Å². The van der Waals surface area contributed by atoms with Crippen LogP contribution in [0.2, 0.25) is 0 Å². The number of nitrogens with one attached hydrogen (secondary N) is 3. The first-order chi connectivity index (χ1) is 15.0. The molecule has 0 spiro atoms. The fourth-order valence-corrected chi connectivity index (χ4v) is 3.46. The number of alkyl carbamates (subject to hydrolysis) is 1. The molecule has 1 aliphatic rings. The lowest BCUT2D eigenvalue weighted by Gasteiger charge is -2.16. The molecule has 1 aliphatic heterocycles. The van der Waals surface area contributed by atoms with Crippen LogP contribution in [0.3, 0.4) is 0 Å². The second-order valence-corrected chi connectivity index (χ2v) is 7.77. The van der Waals surface area contributed by atoms with Crippen molar-refractivity contribution >= 4 is 56.0 Å². The zero-order valence-corrected chi connectivity index (χ0v) is 18.2. The third-order valence-corrected chi connectivity index (χ3v) is 5.03. The highest BCUT2D eigenvalue weighted by atomic mass is 79.9. The highest BCUT2D eigenvalue weighted by Gasteiger charge is 2.29. The first kappa shape index (κ1) is 20.9. The van der Waals surface area contributed by atoms with Gasteiger partial charge < -0.3 is 25.4 Å². The van der Waals surface area contributed by atoms with Crippen molar-refractivity contribution in [1.82, 2.24) is 15.3 Å². The van der Waals surface area contributed by atoms with Crippen LogP contribution in [0.4, 0.5) is 22.0 Å².